The molecule has 26 heavy (non-hydrogen) atoms. The summed E-state index contributed by atoms with van der Waals surface area (Å²) in [6.07, 6.45) is 0.650. The fourth-order valence-electron chi connectivity index (χ4n) is 2.47. The second kappa shape index (κ2) is 9.46. The zero-order chi connectivity index (χ0) is 18.9. The standard InChI is InChI=1S/C20H23NO5/c1-14-8-10-18(25-3)16(12-14)21-19(22)13-26-20(23)11-9-15-6-4-5-7-17(15)24-2/h4-8,10,12H,9,11,13H2,1-3H3,(H,21,22). The highest BCUT2D eigenvalue weighted by Crippen LogP contribution is 2.25. The molecule has 1 amide bonds. The lowest BCUT2D eigenvalue weighted by Gasteiger charge is -2.11. The van der Waals surface area contributed by atoms with Crippen molar-refractivity contribution in [3.05, 3.63) is 53.6 Å². The van der Waals surface area contributed by atoms with Crippen LogP contribution in [0.3, 0.4) is 0 Å². The number of anilines is 1. The second-order valence-corrected chi connectivity index (χ2v) is 5.72. The Balaban J connectivity index is 1.82. The highest BCUT2D eigenvalue weighted by Gasteiger charge is 2.12. The Morgan fingerprint density at radius 3 is 2.46 bits per heavy atom. The largest absolute Gasteiger partial charge is 0.496 e. The third kappa shape index (κ3) is 5.51. The van der Waals surface area contributed by atoms with E-state index in [4.69, 9.17) is 14.2 Å². The predicted octanol–water partition coefficient (Wildman–Crippen LogP) is 3.13. The summed E-state index contributed by atoms with van der Waals surface area (Å²) in [5.74, 6) is 0.415. The van der Waals surface area contributed by atoms with Crippen molar-refractivity contribution in [2.75, 3.05) is 26.1 Å². The van der Waals surface area contributed by atoms with Crippen LogP contribution in [-0.4, -0.2) is 32.7 Å². The van der Waals surface area contributed by atoms with Gasteiger partial charge in [0.2, 0.25) is 0 Å². The van der Waals surface area contributed by atoms with E-state index in [0.29, 0.717) is 17.9 Å². The van der Waals surface area contributed by atoms with Crippen molar-refractivity contribution < 1.29 is 23.8 Å². The lowest BCUT2D eigenvalue weighted by Crippen LogP contribution is -2.21. The van der Waals surface area contributed by atoms with Crippen LogP contribution in [0.2, 0.25) is 0 Å². The Morgan fingerprint density at radius 2 is 1.73 bits per heavy atom. The van der Waals surface area contributed by atoms with Gasteiger partial charge in [-0.05, 0) is 42.7 Å². The fourth-order valence-corrected chi connectivity index (χ4v) is 2.47. The predicted molar refractivity (Wildman–Crippen MR) is 98.6 cm³/mol. The molecule has 0 aliphatic carbocycles. The van der Waals surface area contributed by atoms with E-state index in [2.05, 4.69) is 5.32 Å². The van der Waals surface area contributed by atoms with Crippen molar-refractivity contribution in [1.82, 2.24) is 0 Å². The smallest absolute Gasteiger partial charge is 0.306 e. The number of nitrogens with one attached hydrogen (secondary N) is 1. The molecule has 0 heterocycles. The van der Waals surface area contributed by atoms with Gasteiger partial charge in [0.05, 0.1) is 19.9 Å². The van der Waals surface area contributed by atoms with Crippen molar-refractivity contribution in [1.29, 1.82) is 0 Å². The summed E-state index contributed by atoms with van der Waals surface area (Å²) in [6.45, 7) is 1.56. The Hall–Kier alpha value is -3.02. The summed E-state index contributed by atoms with van der Waals surface area (Å²) in [5, 5.41) is 2.69. The zero-order valence-corrected chi connectivity index (χ0v) is 15.2. The number of para-hydroxylation sites is 1. The molecule has 2 rings (SSSR count). The number of amides is 1. The minimum absolute atomic E-state index is 0.168. The Morgan fingerprint density at radius 1 is 1.00 bits per heavy atom. The maximum absolute atomic E-state index is 12.0. The van der Waals surface area contributed by atoms with Crippen molar-refractivity contribution in [3.63, 3.8) is 0 Å². The van der Waals surface area contributed by atoms with E-state index in [-0.39, 0.29) is 13.0 Å². The first-order valence-corrected chi connectivity index (χ1v) is 8.25. The molecule has 6 heteroatoms. The molecular formula is C20H23NO5. The lowest BCUT2D eigenvalue weighted by molar-refractivity contribution is -0.147. The molecule has 138 valence electrons. The molecule has 0 spiro atoms. The molecule has 0 radical (unpaired) electrons. The second-order valence-electron chi connectivity index (χ2n) is 5.72. The van der Waals surface area contributed by atoms with E-state index >= 15 is 0 Å². The van der Waals surface area contributed by atoms with Gasteiger partial charge in [0.25, 0.3) is 5.91 Å². The van der Waals surface area contributed by atoms with Crippen LogP contribution in [0.15, 0.2) is 42.5 Å². The number of methoxy groups -OCH3 is 2. The number of ether oxygens (including phenoxy) is 3. The third-order valence-corrected chi connectivity index (χ3v) is 3.78. The molecule has 2 aromatic carbocycles. The molecule has 0 saturated heterocycles. The number of benzene rings is 2. The molecule has 0 aliphatic rings. The van der Waals surface area contributed by atoms with Gasteiger partial charge in [-0.15, -0.1) is 0 Å². The van der Waals surface area contributed by atoms with Crippen LogP contribution in [0.5, 0.6) is 11.5 Å². The van der Waals surface area contributed by atoms with Crippen molar-refractivity contribution in [2.24, 2.45) is 0 Å². The lowest BCUT2D eigenvalue weighted by atomic mass is 10.1. The van der Waals surface area contributed by atoms with Crippen LogP contribution < -0.4 is 14.8 Å². The summed E-state index contributed by atoms with van der Waals surface area (Å²) < 4.78 is 15.5. The minimum atomic E-state index is -0.442. The van der Waals surface area contributed by atoms with E-state index in [1.54, 1.807) is 19.2 Å². The van der Waals surface area contributed by atoms with Gasteiger partial charge < -0.3 is 19.5 Å². The SMILES string of the molecule is COc1ccccc1CCC(=O)OCC(=O)Nc1cc(C)ccc1OC. The Kier molecular flexibility index (Phi) is 7.02. The highest BCUT2D eigenvalue weighted by molar-refractivity contribution is 5.94. The normalized spacial score (nSPS) is 10.1. The van der Waals surface area contributed by atoms with Gasteiger partial charge in [-0.2, -0.15) is 0 Å². The van der Waals surface area contributed by atoms with E-state index in [9.17, 15) is 9.59 Å². The van der Waals surface area contributed by atoms with Gasteiger partial charge in [0.1, 0.15) is 11.5 Å². The van der Waals surface area contributed by atoms with Crippen LogP contribution in [-0.2, 0) is 20.7 Å². The molecule has 0 atom stereocenters. The monoisotopic (exact) mass is 357 g/mol. The van der Waals surface area contributed by atoms with Crippen LogP contribution in [0.4, 0.5) is 5.69 Å². The molecule has 0 unspecified atom stereocenters. The molecule has 6 nitrogen and oxygen atoms in total. The van der Waals surface area contributed by atoms with E-state index in [1.807, 2.05) is 37.3 Å². The van der Waals surface area contributed by atoms with Gasteiger partial charge in [0.15, 0.2) is 6.61 Å². The number of rotatable bonds is 8. The number of hydrogen-bond acceptors (Lipinski definition) is 5. The van der Waals surface area contributed by atoms with Crippen LogP contribution in [0.25, 0.3) is 0 Å². The number of hydrogen-bond donors (Lipinski definition) is 1. The number of aryl methyl sites for hydroxylation is 2. The van der Waals surface area contributed by atoms with Crippen LogP contribution in [0.1, 0.15) is 17.5 Å². The Bertz CT molecular complexity index is 773. The van der Waals surface area contributed by atoms with Crippen molar-refractivity contribution in [2.45, 2.75) is 19.8 Å². The van der Waals surface area contributed by atoms with Gasteiger partial charge in [-0.1, -0.05) is 24.3 Å². The summed E-state index contributed by atoms with van der Waals surface area (Å²) in [6, 6.07) is 12.9. The topological polar surface area (TPSA) is 73.9 Å². The maximum Gasteiger partial charge on any atom is 0.306 e. The van der Waals surface area contributed by atoms with E-state index in [1.165, 1.54) is 7.11 Å². The summed E-state index contributed by atoms with van der Waals surface area (Å²) in [7, 11) is 3.11. The van der Waals surface area contributed by atoms with Gasteiger partial charge in [-0.25, -0.2) is 0 Å². The average molecular weight is 357 g/mol. The van der Waals surface area contributed by atoms with Gasteiger partial charge in [-0.3, -0.25) is 9.59 Å². The van der Waals surface area contributed by atoms with Crippen molar-refractivity contribution >= 4 is 17.6 Å². The first-order chi connectivity index (χ1) is 12.5. The summed E-state index contributed by atoms with van der Waals surface area (Å²) >= 11 is 0. The first-order valence-electron chi connectivity index (χ1n) is 8.25. The van der Waals surface area contributed by atoms with Crippen molar-refractivity contribution in [3.8, 4) is 11.5 Å². The van der Waals surface area contributed by atoms with E-state index in [0.717, 1.165) is 16.9 Å². The number of esters is 1. The molecule has 0 fully saturated rings. The number of carbonyl (C=O) groups excluding carboxylic acids is 2. The molecular weight excluding hydrogens is 334 g/mol. The number of carbonyl (C=O) groups is 2. The fraction of sp³-hybridized carbons (Fsp3) is 0.300. The quantitative estimate of drug-likeness (QED) is 0.735. The van der Waals surface area contributed by atoms with Gasteiger partial charge in [0, 0.05) is 6.42 Å². The molecule has 0 aliphatic heterocycles. The Labute approximate surface area is 153 Å². The molecule has 0 aromatic heterocycles. The zero-order valence-electron chi connectivity index (χ0n) is 15.2. The van der Waals surface area contributed by atoms with E-state index < -0.39 is 11.9 Å². The van der Waals surface area contributed by atoms with Crippen LogP contribution in [0, 0.1) is 6.92 Å². The molecule has 0 bridgehead atoms. The maximum atomic E-state index is 12.0. The minimum Gasteiger partial charge on any atom is -0.496 e. The van der Waals surface area contributed by atoms with Crippen LogP contribution >= 0.6 is 0 Å². The third-order valence-electron chi connectivity index (χ3n) is 3.78. The molecule has 2 aromatic rings. The highest BCUT2D eigenvalue weighted by atomic mass is 16.5. The van der Waals surface area contributed by atoms with Gasteiger partial charge >= 0.3 is 5.97 Å². The summed E-state index contributed by atoms with van der Waals surface area (Å²) in [5.41, 5.74) is 2.44. The average Bonchev–Trinajstić information content (AvgIpc) is 2.65. The first kappa shape index (κ1) is 19.3. The molecule has 0 saturated carbocycles. The summed E-state index contributed by atoms with van der Waals surface area (Å²) in [4.78, 5) is 23.9. The molecule has 1 N–H and O–H groups in total.